The maximum Gasteiger partial charge on any atom is 0.322 e. The summed E-state index contributed by atoms with van der Waals surface area (Å²) in [6.07, 6.45) is 0. The van der Waals surface area contributed by atoms with Crippen LogP contribution in [0.1, 0.15) is 13.8 Å². The van der Waals surface area contributed by atoms with Crippen LogP contribution in [0.5, 0.6) is 0 Å². The average molecular weight is 191 g/mol. The molecule has 5 heteroatoms. The molecule has 2 atom stereocenters. The van der Waals surface area contributed by atoms with Crippen LogP contribution in [0.2, 0.25) is 0 Å². The van der Waals surface area contributed by atoms with Crippen molar-refractivity contribution >= 4 is 17.7 Å². The lowest BCUT2D eigenvalue weighted by atomic mass is 10.0. The summed E-state index contributed by atoms with van der Waals surface area (Å²) in [5.41, 5.74) is 0. The third-order valence-electron chi connectivity index (χ3n) is 1.91. The van der Waals surface area contributed by atoms with Crippen molar-refractivity contribution in [3.05, 3.63) is 0 Å². The van der Waals surface area contributed by atoms with Gasteiger partial charge < -0.3 is 10.2 Å². The Morgan fingerprint density at radius 1 is 1.67 bits per heavy atom. The fraction of sp³-hybridized carbons (Fsp3) is 0.857. The molecule has 70 valence electrons. The summed E-state index contributed by atoms with van der Waals surface area (Å²) in [7, 11) is 0. The molecule has 4 nitrogen and oxygen atoms in total. The van der Waals surface area contributed by atoms with Crippen LogP contribution < -0.4 is 5.32 Å². The highest BCUT2D eigenvalue weighted by molar-refractivity contribution is 8.01. The molecule has 0 saturated carbocycles. The Hall–Kier alpha value is -0.260. The average Bonchev–Trinajstić information content (AvgIpc) is 2.25. The molecule has 1 heterocycles. The number of aliphatic hydroxyl groups is 1. The van der Waals surface area contributed by atoms with E-state index >= 15 is 0 Å². The van der Waals surface area contributed by atoms with Crippen molar-refractivity contribution in [1.82, 2.24) is 5.32 Å². The zero-order valence-electron chi connectivity index (χ0n) is 7.07. The van der Waals surface area contributed by atoms with E-state index in [1.54, 1.807) is 0 Å². The molecule has 0 radical (unpaired) electrons. The maximum atomic E-state index is 10.7. The van der Waals surface area contributed by atoms with Gasteiger partial charge in [-0.1, -0.05) is 0 Å². The van der Waals surface area contributed by atoms with E-state index in [4.69, 9.17) is 10.2 Å². The summed E-state index contributed by atoms with van der Waals surface area (Å²) in [5.74, 6) is -0.858. The summed E-state index contributed by atoms with van der Waals surface area (Å²) >= 11 is 1.46. The van der Waals surface area contributed by atoms with E-state index in [0.29, 0.717) is 0 Å². The van der Waals surface area contributed by atoms with Gasteiger partial charge in [0.15, 0.2) is 0 Å². The first-order valence-electron chi connectivity index (χ1n) is 3.75. The van der Waals surface area contributed by atoms with Crippen molar-refractivity contribution in [2.45, 2.75) is 30.0 Å². The summed E-state index contributed by atoms with van der Waals surface area (Å²) < 4.78 is -0.348. The predicted octanol–water partition coefficient (Wildman–Crippen LogP) is -0.127. The smallest absolute Gasteiger partial charge is 0.322 e. The Balaban J connectivity index is 2.70. The largest absolute Gasteiger partial charge is 0.480 e. The first-order chi connectivity index (χ1) is 5.47. The Labute approximate surface area is 75.3 Å². The number of nitrogens with one attached hydrogen (secondary N) is 1. The molecule has 0 spiro atoms. The molecule has 0 bridgehead atoms. The minimum atomic E-state index is -0.858. The number of hydrogen-bond acceptors (Lipinski definition) is 4. The number of aliphatic hydroxyl groups excluding tert-OH is 1. The van der Waals surface area contributed by atoms with Gasteiger partial charge in [0.1, 0.15) is 6.04 Å². The molecule has 1 aliphatic rings. The van der Waals surface area contributed by atoms with Gasteiger partial charge in [-0.3, -0.25) is 10.1 Å². The second-order valence-electron chi connectivity index (χ2n) is 3.33. The molecule has 0 amide bonds. The molecular weight excluding hydrogens is 178 g/mol. The quantitative estimate of drug-likeness (QED) is 0.567. The first-order valence-corrected chi connectivity index (χ1v) is 4.63. The molecule has 0 aliphatic carbocycles. The zero-order chi connectivity index (χ0) is 9.35. The van der Waals surface area contributed by atoms with Crippen LogP contribution in [0.3, 0.4) is 0 Å². The Bertz CT molecular complexity index is 195. The molecule has 1 aliphatic heterocycles. The number of carboxylic acid groups (broad SMARTS) is 1. The minimum absolute atomic E-state index is 0.0299. The SMILES string of the molecule is CC1(C)SC(CO)NC1C(=O)O. The highest BCUT2D eigenvalue weighted by atomic mass is 32.2. The molecule has 1 saturated heterocycles. The first kappa shape index (κ1) is 9.83. The van der Waals surface area contributed by atoms with E-state index in [-0.39, 0.29) is 16.7 Å². The van der Waals surface area contributed by atoms with Crippen molar-refractivity contribution < 1.29 is 15.0 Å². The second kappa shape index (κ2) is 3.24. The highest BCUT2D eigenvalue weighted by Crippen LogP contribution is 2.37. The van der Waals surface area contributed by atoms with Crippen LogP contribution in [0.4, 0.5) is 0 Å². The van der Waals surface area contributed by atoms with Crippen LogP contribution in [-0.2, 0) is 4.79 Å². The van der Waals surface area contributed by atoms with Gasteiger partial charge in [0.2, 0.25) is 0 Å². The van der Waals surface area contributed by atoms with Gasteiger partial charge in [-0.05, 0) is 13.8 Å². The topological polar surface area (TPSA) is 69.6 Å². The number of thioether (sulfide) groups is 1. The number of hydrogen-bond donors (Lipinski definition) is 3. The molecule has 0 aromatic heterocycles. The number of carboxylic acids is 1. The Morgan fingerprint density at radius 3 is 2.50 bits per heavy atom. The molecule has 0 aromatic rings. The number of carbonyl (C=O) groups is 1. The van der Waals surface area contributed by atoms with Crippen molar-refractivity contribution in [2.24, 2.45) is 0 Å². The number of aliphatic carboxylic acids is 1. The third-order valence-corrected chi connectivity index (χ3v) is 3.32. The fourth-order valence-corrected chi connectivity index (χ4v) is 2.63. The van der Waals surface area contributed by atoms with E-state index in [0.717, 1.165) is 0 Å². The van der Waals surface area contributed by atoms with Crippen molar-refractivity contribution in [3.8, 4) is 0 Å². The van der Waals surface area contributed by atoms with Crippen molar-refractivity contribution in [2.75, 3.05) is 6.61 Å². The lowest BCUT2D eigenvalue weighted by Crippen LogP contribution is -2.45. The van der Waals surface area contributed by atoms with Gasteiger partial charge in [-0.2, -0.15) is 0 Å². The standard InChI is InChI=1S/C7H13NO3S/c1-7(2)5(6(10)11)8-4(3-9)12-7/h4-5,8-9H,3H2,1-2H3,(H,10,11). The molecular formula is C7H13NO3S. The monoisotopic (exact) mass is 191 g/mol. The Morgan fingerprint density at radius 2 is 2.25 bits per heavy atom. The fourth-order valence-electron chi connectivity index (χ4n) is 1.31. The van der Waals surface area contributed by atoms with Crippen molar-refractivity contribution in [1.29, 1.82) is 0 Å². The Kier molecular flexibility index (Phi) is 2.65. The van der Waals surface area contributed by atoms with Crippen molar-refractivity contribution in [3.63, 3.8) is 0 Å². The molecule has 12 heavy (non-hydrogen) atoms. The highest BCUT2D eigenvalue weighted by Gasteiger charge is 2.44. The van der Waals surface area contributed by atoms with E-state index in [2.05, 4.69) is 5.32 Å². The van der Waals surface area contributed by atoms with Gasteiger partial charge in [0, 0.05) is 4.75 Å². The summed E-state index contributed by atoms with van der Waals surface area (Å²) in [6.45, 7) is 3.69. The lowest BCUT2D eigenvalue weighted by molar-refractivity contribution is -0.139. The minimum Gasteiger partial charge on any atom is -0.480 e. The van der Waals surface area contributed by atoms with Gasteiger partial charge in [0.25, 0.3) is 0 Å². The lowest BCUT2D eigenvalue weighted by Gasteiger charge is -2.20. The zero-order valence-corrected chi connectivity index (χ0v) is 7.89. The van der Waals surface area contributed by atoms with E-state index < -0.39 is 12.0 Å². The number of rotatable bonds is 2. The summed E-state index contributed by atoms with van der Waals surface area (Å²) in [6, 6.07) is -0.570. The normalized spacial score (nSPS) is 33.6. The molecule has 3 N–H and O–H groups in total. The van der Waals surface area contributed by atoms with Gasteiger partial charge >= 0.3 is 5.97 Å². The van der Waals surface area contributed by atoms with Gasteiger partial charge in [-0.15, -0.1) is 11.8 Å². The van der Waals surface area contributed by atoms with Crippen LogP contribution in [0, 0.1) is 0 Å². The molecule has 1 rings (SSSR count). The molecule has 1 fully saturated rings. The summed E-state index contributed by atoms with van der Waals surface area (Å²) in [5, 5.41) is 20.3. The summed E-state index contributed by atoms with van der Waals surface area (Å²) in [4.78, 5) is 10.7. The second-order valence-corrected chi connectivity index (χ2v) is 5.19. The van der Waals surface area contributed by atoms with Gasteiger partial charge in [-0.25, -0.2) is 0 Å². The van der Waals surface area contributed by atoms with Crippen LogP contribution in [-0.4, -0.2) is 39.0 Å². The van der Waals surface area contributed by atoms with E-state index in [1.807, 2.05) is 13.8 Å². The maximum absolute atomic E-state index is 10.7. The third kappa shape index (κ3) is 1.73. The predicted molar refractivity (Wildman–Crippen MR) is 47.1 cm³/mol. The van der Waals surface area contributed by atoms with Crippen LogP contribution >= 0.6 is 11.8 Å². The molecule has 0 aromatic carbocycles. The molecule has 2 unspecified atom stereocenters. The van der Waals surface area contributed by atoms with E-state index in [9.17, 15) is 4.79 Å². The van der Waals surface area contributed by atoms with Crippen LogP contribution in [0.25, 0.3) is 0 Å². The van der Waals surface area contributed by atoms with Gasteiger partial charge in [0.05, 0.1) is 12.0 Å². The van der Waals surface area contributed by atoms with E-state index in [1.165, 1.54) is 11.8 Å². The van der Waals surface area contributed by atoms with Crippen LogP contribution in [0.15, 0.2) is 0 Å².